The van der Waals surface area contributed by atoms with Crippen molar-refractivity contribution in [3.05, 3.63) is 223 Å². The molecule has 4 aliphatic rings. The molecule has 2 aromatic carbocycles. The second-order valence-corrected chi connectivity index (χ2v) is 30.7. The number of hydrogen-bond acceptors (Lipinski definition) is 13. The van der Waals surface area contributed by atoms with E-state index in [9.17, 15) is 33.9 Å². The van der Waals surface area contributed by atoms with Gasteiger partial charge >= 0.3 is 24.1 Å². The molecule has 0 bridgehead atoms. The van der Waals surface area contributed by atoms with Gasteiger partial charge in [-0.2, -0.15) is 0 Å². The normalized spacial score (nSPS) is 16.0. The number of carboxylic acids is 1. The topological polar surface area (TPSA) is 224 Å². The van der Waals surface area contributed by atoms with Crippen LogP contribution in [0.4, 0.5) is 9.59 Å². The Morgan fingerprint density at radius 3 is 1.11 bits per heavy atom. The van der Waals surface area contributed by atoms with Crippen molar-refractivity contribution in [2.75, 3.05) is 20.2 Å². The molecule has 0 aromatic heterocycles. The SMILES string of the molecule is C=C=C=C=C=C=C=C=C=C=C=C=C=C=C=C=C=C=C=C=C=C.C=CCCCCC[C@H](NC(=O)OC(C)(C)C)C(=O)N1C[C@@]2(CC(c3cccc(Cl)c3)=NO2)C[C@H]1C(=O)O.C=CCCCCC[C@H](NC(=O)OC(C)(C)C)C(=O)N1C[C@@]2(CC(c3cccc(Cl)c3)=NO2)C[C@H]1C(=O)OC.[B]B([B])B(B([B])[B])B(B(B([B])[B])B([B])[B])B(B([B])[B])B([B])[B]. The Morgan fingerprint density at radius 1 is 0.521 bits per heavy atom. The van der Waals surface area contributed by atoms with Gasteiger partial charge in [-0.15, -0.1) is 13.2 Å². The number of aliphatic carboxylic acids is 1. The van der Waals surface area contributed by atoms with Crippen molar-refractivity contribution in [1.29, 1.82) is 0 Å². The molecule has 18 nitrogen and oxygen atoms in total. The number of rotatable bonds is 29. The Hall–Kier alpha value is -9.37. The van der Waals surface area contributed by atoms with Gasteiger partial charge in [0.05, 0.1) is 31.6 Å². The minimum atomic E-state index is -1.13. The van der Waals surface area contributed by atoms with Gasteiger partial charge in [0.15, 0.2) is 11.2 Å². The number of nitrogens with one attached hydrogen (secondary N) is 2. The zero-order valence-electron chi connectivity index (χ0n) is 68.4. The van der Waals surface area contributed by atoms with E-state index in [4.69, 9.17) is 140 Å². The second kappa shape index (κ2) is 53.3. The van der Waals surface area contributed by atoms with Crippen molar-refractivity contribution < 1.29 is 57.8 Å². The predicted molar refractivity (Wildman–Crippen MR) is 494 cm³/mol. The first-order valence-corrected chi connectivity index (χ1v) is 38.8. The number of nitrogens with zero attached hydrogens (tertiary/aromatic N) is 4. The van der Waals surface area contributed by atoms with Gasteiger partial charge < -0.3 is 49.4 Å². The van der Waals surface area contributed by atoms with Crippen LogP contribution in [-0.4, -0.2) is 286 Å². The highest BCUT2D eigenvalue weighted by atomic mass is 35.5. The minimum Gasteiger partial charge on any atom is -0.480 e. The standard InChI is InChI=1S/C28H38ClN3O6.C27H36ClN3O6.C22H4.B22/c1-6-7-8-9-10-14-21(30-26(35)37-27(2,3)4)24(33)32-18-28(17-23(32)25(34)36-5)16-22(31-38-28)19-12-11-13-20(29)15-19;1-5-6-7-8-9-13-20(29-25(35)36-26(2,3)4)23(32)31-17-27(16-22(31)24(33)34)15-21(30-37-27)18-11-10-12-19(28)14-18;1-3-5-7-9-11-13-15-17-19-21-22-20-18-16-14-12-10-8-6-4-2;1-13(2)19(14(3)4)22(20(15(5)6)16(7)8)21(17(9)10)18(11)12/h6,11-13,15,21,23H,1,7-10,14,16-18H2,2-5H3,(H,30,35);5,10-12,14,20,22H,1,6-9,13,15-17H2,2-4H3,(H,29,35)(H,33,34);1-2H2;/t21-,23-,28+;20-,22-,27+;;/m00../s1. The van der Waals surface area contributed by atoms with E-state index in [-0.39, 0.29) is 31.8 Å². The van der Waals surface area contributed by atoms with Gasteiger partial charge in [-0.3, -0.25) is 9.59 Å². The molecular weight excluding hydrogens is 1510 g/mol. The fourth-order valence-electron chi connectivity index (χ4n) is 13.1. The van der Waals surface area contributed by atoms with Crippen molar-refractivity contribution in [3.8, 4) is 0 Å². The van der Waals surface area contributed by atoms with Crippen LogP contribution in [0.25, 0.3) is 0 Å². The summed E-state index contributed by atoms with van der Waals surface area (Å²) in [6.45, 7) is 24.7. The molecule has 2 spiro atoms. The van der Waals surface area contributed by atoms with Crippen molar-refractivity contribution in [2.45, 2.75) is 178 Å². The molecule has 4 amide bonds. The molecule has 6 atom stereocenters. The third kappa shape index (κ3) is 37.4. The molecule has 2 saturated heterocycles. The summed E-state index contributed by atoms with van der Waals surface area (Å²) in [5.41, 5.74) is 49.0. The monoisotopic (exact) mass is 1590 g/mol. The van der Waals surface area contributed by atoms with Gasteiger partial charge in [-0.05, 0) is 209 Å². The molecule has 4 heterocycles. The summed E-state index contributed by atoms with van der Waals surface area (Å²) in [5, 5.41) is 25.0. The van der Waals surface area contributed by atoms with Gasteiger partial charge in [0.25, 0.3) is 0 Å². The van der Waals surface area contributed by atoms with E-state index in [2.05, 4.69) is 162 Å². The van der Waals surface area contributed by atoms with E-state index in [1.165, 1.54) is 16.9 Å². The summed E-state index contributed by atoms with van der Waals surface area (Å²) < 4.78 is 15.8. The van der Waals surface area contributed by atoms with Gasteiger partial charge in [0, 0.05) is 215 Å². The highest BCUT2D eigenvalue weighted by Gasteiger charge is 2.57. The molecule has 119 heavy (non-hydrogen) atoms. The summed E-state index contributed by atoms with van der Waals surface area (Å²) in [6, 6.07) is 10.7. The van der Waals surface area contributed by atoms with Crippen molar-refractivity contribution in [1.82, 2.24) is 20.4 Å². The zero-order valence-corrected chi connectivity index (χ0v) is 69.9. The molecule has 2 aromatic rings. The zero-order chi connectivity index (χ0) is 89.1. The Balaban J connectivity index is 0.000000424. The number of likely N-dealkylation sites (tertiary alicyclic amines) is 2. The van der Waals surface area contributed by atoms with E-state index < -0.39 is 140 Å². The van der Waals surface area contributed by atoms with Crippen molar-refractivity contribution >= 4 is 227 Å². The number of methoxy groups -OCH3 is 1. The summed E-state index contributed by atoms with van der Waals surface area (Å²) in [5.74, 6) is -2.53. The molecule has 0 aliphatic carbocycles. The van der Waals surface area contributed by atoms with E-state index in [0.29, 0.717) is 60.0 Å². The Morgan fingerprint density at radius 2 is 0.832 bits per heavy atom. The molecule has 42 heteroatoms. The third-order valence-corrected chi connectivity index (χ3v) is 18.6. The van der Waals surface area contributed by atoms with Crippen LogP contribution >= 0.6 is 23.2 Å². The average Bonchev–Trinajstić information content (AvgIpc) is 1.60. The van der Waals surface area contributed by atoms with Gasteiger partial charge in [-0.25, -0.2) is 19.2 Å². The van der Waals surface area contributed by atoms with E-state index in [0.717, 1.165) is 49.7 Å². The lowest BCUT2D eigenvalue weighted by Gasteiger charge is -2.45. The first-order valence-electron chi connectivity index (χ1n) is 38.0. The third-order valence-electron chi connectivity index (χ3n) is 18.1. The number of hydrogen-bond donors (Lipinski definition) is 3. The lowest BCUT2D eigenvalue weighted by atomic mass is 8.36. The van der Waals surface area contributed by atoms with Gasteiger partial charge in [0.1, 0.15) is 35.4 Å². The minimum absolute atomic E-state index is 0.0410. The van der Waals surface area contributed by atoms with E-state index >= 15 is 0 Å². The number of unbranched alkanes of at least 4 members (excludes halogenated alkanes) is 6. The smallest absolute Gasteiger partial charge is 0.408 e. The van der Waals surface area contributed by atoms with Crippen LogP contribution in [0.1, 0.15) is 143 Å². The first kappa shape index (κ1) is 104. The molecule has 6 rings (SSSR count). The fourth-order valence-corrected chi connectivity index (χ4v) is 13.5. The van der Waals surface area contributed by atoms with Crippen LogP contribution in [0.5, 0.6) is 0 Å². The summed E-state index contributed by atoms with van der Waals surface area (Å²) in [7, 11) is 71.0. The maximum absolute atomic E-state index is 13.9. The summed E-state index contributed by atoms with van der Waals surface area (Å²) >= 11 is 12.3. The first-order chi connectivity index (χ1) is 56.2. The number of carbonyl (C=O) groups is 6. The molecule has 568 valence electrons. The molecule has 3 N–H and O–H groups in total. The molecule has 2 fully saturated rings. The molecule has 0 saturated carbocycles. The molecule has 4 aliphatic heterocycles. The summed E-state index contributed by atoms with van der Waals surface area (Å²) in [6.07, 6.45) is 2.44. The maximum Gasteiger partial charge on any atom is 0.408 e. The van der Waals surface area contributed by atoms with Crippen LogP contribution < -0.4 is 10.6 Å². The van der Waals surface area contributed by atoms with Crippen molar-refractivity contribution in [3.63, 3.8) is 0 Å². The predicted octanol–water partition coefficient (Wildman–Crippen LogP) is 5.45. The Labute approximate surface area is 731 Å². The number of carbonyl (C=O) groups excluding carboxylic acids is 5. The van der Waals surface area contributed by atoms with Crippen LogP contribution in [0.2, 0.25) is 10.0 Å². The Kier molecular flexibility index (Phi) is 46.5. The van der Waals surface area contributed by atoms with E-state index in [1.54, 1.807) is 71.9 Å². The average molecular weight is 1590 g/mol. The fraction of sp³-hybridized carbons (Fsp3) is 0.403. The second-order valence-electron chi connectivity index (χ2n) is 29.9. The highest BCUT2D eigenvalue weighted by Crippen LogP contribution is 2.41. The van der Waals surface area contributed by atoms with Crippen LogP contribution in [0.3, 0.4) is 0 Å². The number of ether oxygens (including phenoxy) is 3. The largest absolute Gasteiger partial charge is 0.480 e. The van der Waals surface area contributed by atoms with Crippen LogP contribution in [-0.2, 0) is 43.1 Å². The van der Waals surface area contributed by atoms with E-state index in [1.807, 2.05) is 30.4 Å². The maximum atomic E-state index is 13.9. The number of esters is 1. The van der Waals surface area contributed by atoms with Crippen LogP contribution in [0.15, 0.2) is 212 Å². The molecule has 24 radical (unpaired) electrons. The highest BCUT2D eigenvalue weighted by molar-refractivity contribution is 8.22. The van der Waals surface area contributed by atoms with Gasteiger partial charge in [0.2, 0.25) is 11.8 Å². The van der Waals surface area contributed by atoms with Crippen LogP contribution in [0, 0.1) is 0 Å². The summed E-state index contributed by atoms with van der Waals surface area (Å²) in [4.78, 5) is 92.1. The van der Waals surface area contributed by atoms with Gasteiger partial charge in [-0.1, -0.05) is 107 Å². The lowest BCUT2D eigenvalue weighted by Crippen LogP contribution is -2.83. The number of oxime groups is 2. The number of benzene rings is 2. The molecular formula is C77H78B22Cl2N6O12. The quantitative estimate of drug-likeness (QED) is 0.0231. The number of alkyl carbamates (subject to hydrolysis) is 2. The van der Waals surface area contributed by atoms with Crippen molar-refractivity contribution in [2.24, 2.45) is 10.3 Å². The number of halogens is 2. The number of carboxylic acid groups (broad SMARTS) is 1. The number of amides is 4. The number of allylic oxidation sites excluding steroid dienone is 2. The Bertz CT molecular complexity index is 4630. The lowest BCUT2D eigenvalue weighted by molar-refractivity contribution is -0.151. The molecule has 0 unspecified atom stereocenters.